The van der Waals surface area contributed by atoms with Gasteiger partial charge in [0.25, 0.3) is 0 Å². The number of hydrogen-bond acceptors (Lipinski definition) is 4. The lowest BCUT2D eigenvalue weighted by atomic mass is 10.3. The summed E-state index contributed by atoms with van der Waals surface area (Å²) in [7, 11) is -0.149. The number of nitrogens with zero attached hydrogens (tertiary/aromatic N) is 2. The summed E-state index contributed by atoms with van der Waals surface area (Å²) in [5.74, 6) is 0. The average molecular weight is 280 g/mol. The van der Waals surface area contributed by atoms with E-state index in [0.29, 0.717) is 0 Å². The molecule has 2 N–H and O–H groups in total. The number of aromatic nitrogens is 2. The van der Waals surface area contributed by atoms with Gasteiger partial charge in [0.15, 0.2) is 0 Å². The van der Waals surface area contributed by atoms with Crippen LogP contribution >= 0.6 is 0 Å². The van der Waals surface area contributed by atoms with E-state index >= 15 is 0 Å². The molecule has 0 amide bonds. The minimum atomic E-state index is -3.39. The standard InChI is InChI=1S/C12H16N4O2S/c1-9-12(8-16(3)15-9)14-10-4-6-11(7-5-10)19(17,18)13-2/h4-8,13-14H,1-3H3. The minimum absolute atomic E-state index is 0.239. The van der Waals surface area contributed by atoms with Crippen LogP contribution < -0.4 is 10.0 Å². The summed E-state index contributed by atoms with van der Waals surface area (Å²) < 4.78 is 27.2. The number of anilines is 2. The maximum atomic E-state index is 11.6. The SMILES string of the molecule is CNS(=O)(=O)c1ccc(Nc2cn(C)nc2C)cc1. The molecule has 1 heterocycles. The summed E-state index contributed by atoms with van der Waals surface area (Å²) in [6.45, 7) is 1.90. The van der Waals surface area contributed by atoms with Crippen molar-refractivity contribution in [3.8, 4) is 0 Å². The number of nitrogens with one attached hydrogen (secondary N) is 2. The normalized spacial score (nSPS) is 11.5. The Morgan fingerprint density at radius 1 is 1.21 bits per heavy atom. The van der Waals surface area contributed by atoms with Gasteiger partial charge in [0.05, 0.1) is 16.3 Å². The van der Waals surface area contributed by atoms with E-state index in [1.54, 1.807) is 28.9 Å². The molecule has 19 heavy (non-hydrogen) atoms. The van der Waals surface area contributed by atoms with Gasteiger partial charge in [-0.25, -0.2) is 13.1 Å². The molecule has 0 aliphatic heterocycles. The van der Waals surface area contributed by atoms with Crippen LogP contribution in [0, 0.1) is 6.92 Å². The second kappa shape index (κ2) is 5.02. The molecule has 7 heteroatoms. The first-order chi connectivity index (χ1) is 8.92. The van der Waals surface area contributed by atoms with Crippen LogP contribution in [0.1, 0.15) is 5.69 Å². The molecule has 0 fully saturated rings. The highest BCUT2D eigenvalue weighted by Gasteiger charge is 2.10. The Morgan fingerprint density at radius 3 is 2.32 bits per heavy atom. The topological polar surface area (TPSA) is 76.0 Å². The van der Waals surface area contributed by atoms with Gasteiger partial charge in [-0.3, -0.25) is 4.68 Å². The maximum Gasteiger partial charge on any atom is 0.240 e. The van der Waals surface area contributed by atoms with E-state index in [-0.39, 0.29) is 4.90 Å². The van der Waals surface area contributed by atoms with Gasteiger partial charge in [0.2, 0.25) is 10.0 Å². The van der Waals surface area contributed by atoms with E-state index in [9.17, 15) is 8.42 Å². The molecule has 1 aromatic heterocycles. The van der Waals surface area contributed by atoms with Gasteiger partial charge in [0.1, 0.15) is 0 Å². The van der Waals surface area contributed by atoms with E-state index in [0.717, 1.165) is 17.1 Å². The second-order valence-corrected chi connectivity index (χ2v) is 6.05. The molecule has 0 aliphatic carbocycles. The quantitative estimate of drug-likeness (QED) is 0.887. The third-order valence-corrected chi connectivity index (χ3v) is 4.16. The fraction of sp³-hybridized carbons (Fsp3) is 0.250. The highest BCUT2D eigenvalue weighted by Crippen LogP contribution is 2.20. The molecule has 2 rings (SSSR count). The first kappa shape index (κ1) is 13.6. The van der Waals surface area contributed by atoms with Crippen LogP contribution in [0.25, 0.3) is 0 Å². The first-order valence-corrected chi connectivity index (χ1v) is 7.21. The number of sulfonamides is 1. The molecule has 0 unspecified atom stereocenters. The third-order valence-electron chi connectivity index (χ3n) is 2.73. The van der Waals surface area contributed by atoms with Crippen molar-refractivity contribution in [3.05, 3.63) is 36.2 Å². The van der Waals surface area contributed by atoms with Gasteiger partial charge in [-0.15, -0.1) is 0 Å². The van der Waals surface area contributed by atoms with E-state index in [1.807, 2.05) is 20.2 Å². The average Bonchev–Trinajstić information content (AvgIpc) is 2.68. The molecule has 0 aliphatic rings. The van der Waals surface area contributed by atoms with E-state index in [1.165, 1.54) is 7.05 Å². The Morgan fingerprint density at radius 2 is 1.84 bits per heavy atom. The predicted molar refractivity (Wildman–Crippen MR) is 73.9 cm³/mol. The number of benzene rings is 1. The summed E-state index contributed by atoms with van der Waals surface area (Å²) >= 11 is 0. The molecule has 1 aromatic carbocycles. The molecular formula is C12H16N4O2S. The van der Waals surface area contributed by atoms with Crippen LogP contribution in [0.3, 0.4) is 0 Å². The highest BCUT2D eigenvalue weighted by atomic mass is 32.2. The smallest absolute Gasteiger partial charge is 0.240 e. The van der Waals surface area contributed by atoms with Crippen molar-refractivity contribution in [1.82, 2.24) is 14.5 Å². The molecular weight excluding hydrogens is 264 g/mol. The van der Waals surface area contributed by atoms with Crippen molar-refractivity contribution in [1.29, 1.82) is 0 Å². The molecule has 0 saturated carbocycles. The zero-order valence-electron chi connectivity index (χ0n) is 11.0. The van der Waals surface area contributed by atoms with Crippen molar-refractivity contribution in [2.45, 2.75) is 11.8 Å². The van der Waals surface area contributed by atoms with Gasteiger partial charge in [-0.05, 0) is 38.2 Å². The molecule has 6 nitrogen and oxygen atoms in total. The zero-order valence-corrected chi connectivity index (χ0v) is 11.8. The fourth-order valence-corrected chi connectivity index (χ4v) is 2.44. The number of aryl methyl sites for hydroxylation is 2. The Labute approximate surface area is 112 Å². The first-order valence-electron chi connectivity index (χ1n) is 5.73. The third kappa shape index (κ3) is 2.94. The van der Waals surface area contributed by atoms with Gasteiger partial charge >= 0.3 is 0 Å². The molecule has 0 atom stereocenters. The lowest BCUT2D eigenvalue weighted by Crippen LogP contribution is -2.18. The van der Waals surface area contributed by atoms with Crippen molar-refractivity contribution >= 4 is 21.4 Å². The lowest BCUT2D eigenvalue weighted by Gasteiger charge is -2.06. The van der Waals surface area contributed by atoms with Gasteiger partial charge < -0.3 is 5.32 Å². The molecule has 0 spiro atoms. The Balaban J connectivity index is 2.22. The summed E-state index contributed by atoms with van der Waals surface area (Å²) in [6, 6.07) is 6.55. The number of hydrogen-bond donors (Lipinski definition) is 2. The van der Waals surface area contributed by atoms with Gasteiger partial charge in [0, 0.05) is 18.9 Å². The van der Waals surface area contributed by atoms with Crippen LogP contribution in [0.5, 0.6) is 0 Å². The minimum Gasteiger partial charge on any atom is -0.353 e. The van der Waals surface area contributed by atoms with Crippen LogP contribution in [0.15, 0.2) is 35.4 Å². The summed E-state index contributed by atoms with van der Waals surface area (Å²) in [6.07, 6.45) is 1.87. The predicted octanol–water partition coefficient (Wildman–Crippen LogP) is 1.38. The van der Waals surface area contributed by atoms with Crippen molar-refractivity contribution in [3.63, 3.8) is 0 Å². The molecule has 102 valence electrons. The fourth-order valence-electron chi connectivity index (χ4n) is 1.71. The van der Waals surface area contributed by atoms with E-state index in [4.69, 9.17) is 0 Å². The van der Waals surface area contributed by atoms with Crippen LogP contribution in [-0.4, -0.2) is 25.2 Å². The van der Waals surface area contributed by atoms with Crippen LogP contribution in [0.2, 0.25) is 0 Å². The molecule has 2 aromatic rings. The maximum absolute atomic E-state index is 11.6. The largest absolute Gasteiger partial charge is 0.353 e. The zero-order chi connectivity index (χ0) is 14.0. The summed E-state index contributed by atoms with van der Waals surface area (Å²) in [5.41, 5.74) is 2.59. The van der Waals surface area contributed by atoms with Crippen molar-refractivity contribution < 1.29 is 8.42 Å². The summed E-state index contributed by atoms with van der Waals surface area (Å²) in [4.78, 5) is 0.239. The molecule has 0 saturated heterocycles. The van der Waals surface area contributed by atoms with E-state index < -0.39 is 10.0 Å². The lowest BCUT2D eigenvalue weighted by molar-refractivity contribution is 0.588. The van der Waals surface area contributed by atoms with Crippen molar-refractivity contribution in [2.24, 2.45) is 7.05 Å². The second-order valence-electron chi connectivity index (χ2n) is 4.16. The molecule has 0 radical (unpaired) electrons. The van der Waals surface area contributed by atoms with Gasteiger partial charge in [-0.1, -0.05) is 0 Å². The van der Waals surface area contributed by atoms with Crippen LogP contribution in [-0.2, 0) is 17.1 Å². The van der Waals surface area contributed by atoms with Gasteiger partial charge in [-0.2, -0.15) is 5.10 Å². The Hall–Kier alpha value is -1.86. The van der Waals surface area contributed by atoms with E-state index in [2.05, 4.69) is 15.1 Å². The molecule has 0 bridgehead atoms. The highest BCUT2D eigenvalue weighted by molar-refractivity contribution is 7.89. The Bertz CT molecular complexity index is 674. The number of rotatable bonds is 4. The Kier molecular flexibility index (Phi) is 3.59. The monoisotopic (exact) mass is 280 g/mol. The van der Waals surface area contributed by atoms with Crippen LogP contribution in [0.4, 0.5) is 11.4 Å². The van der Waals surface area contributed by atoms with Crippen molar-refractivity contribution in [2.75, 3.05) is 12.4 Å². The summed E-state index contributed by atoms with van der Waals surface area (Å²) in [5, 5.41) is 7.42.